The first-order chi connectivity index (χ1) is 20.3. The molecule has 2 saturated heterocycles. The third-order valence-corrected chi connectivity index (χ3v) is 10.1. The number of thiazole rings is 1. The quantitative estimate of drug-likeness (QED) is 0.367. The second-order valence-electron chi connectivity index (χ2n) is 12.0. The first-order valence-electron chi connectivity index (χ1n) is 14.8. The average Bonchev–Trinajstić information content (AvgIpc) is 3.59. The molecular formula is C33H36N4O4S. The molecule has 2 aliphatic heterocycles. The van der Waals surface area contributed by atoms with Gasteiger partial charge in [-0.2, -0.15) is 5.26 Å². The van der Waals surface area contributed by atoms with E-state index in [9.17, 15) is 14.7 Å². The van der Waals surface area contributed by atoms with Gasteiger partial charge >= 0.3 is 5.97 Å². The minimum atomic E-state index is -0.656. The Bertz CT molecular complexity index is 1520. The number of nitrogens with zero attached hydrogens (tertiary/aromatic N) is 4. The van der Waals surface area contributed by atoms with Gasteiger partial charge in [-0.3, -0.25) is 9.59 Å². The second-order valence-corrected chi connectivity index (χ2v) is 12.8. The summed E-state index contributed by atoms with van der Waals surface area (Å²) in [4.78, 5) is 33.9. The van der Waals surface area contributed by atoms with Crippen molar-refractivity contribution in [3.8, 4) is 23.1 Å². The summed E-state index contributed by atoms with van der Waals surface area (Å²) < 4.78 is 6.35. The van der Waals surface area contributed by atoms with Crippen LogP contribution in [0.1, 0.15) is 52.7 Å². The van der Waals surface area contributed by atoms with E-state index in [2.05, 4.69) is 29.3 Å². The van der Waals surface area contributed by atoms with E-state index < -0.39 is 5.97 Å². The molecule has 3 heterocycles. The summed E-state index contributed by atoms with van der Waals surface area (Å²) >= 11 is 1.60. The Morgan fingerprint density at radius 2 is 1.81 bits per heavy atom. The van der Waals surface area contributed by atoms with Crippen molar-refractivity contribution in [2.24, 2.45) is 23.7 Å². The number of rotatable bonds is 7. The van der Waals surface area contributed by atoms with Crippen molar-refractivity contribution >= 4 is 28.3 Å². The molecule has 42 heavy (non-hydrogen) atoms. The van der Waals surface area contributed by atoms with Crippen molar-refractivity contribution in [1.82, 2.24) is 9.88 Å². The second kappa shape index (κ2) is 11.8. The van der Waals surface area contributed by atoms with Crippen molar-refractivity contribution in [3.05, 3.63) is 64.0 Å². The van der Waals surface area contributed by atoms with E-state index in [1.807, 2.05) is 42.2 Å². The molecule has 1 aliphatic carbocycles. The van der Waals surface area contributed by atoms with Crippen molar-refractivity contribution < 1.29 is 19.4 Å². The molecule has 3 atom stereocenters. The van der Waals surface area contributed by atoms with Gasteiger partial charge in [0, 0.05) is 48.6 Å². The van der Waals surface area contributed by atoms with Crippen LogP contribution in [-0.4, -0.2) is 53.0 Å². The molecule has 3 aromatic rings. The number of nitriles is 1. The lowest BCUT2D eigenvalue weighted by atomic mass is 9.85. The van der Waals surface area contributed by atoms with Gasteiger partial charge in [0.1, 0.15) is 12.4 Å². The van der Waals surface area contributed by atoms with Gasteiger partial charge < -0.3 is 19.6 Å². The highest BCUT2D eigenvalue weighted by Gasteiger charge is 2.46. The molecule has 9 heteroatoms. The number of carbonyl (C=O) groups is 2. The van der Waals surface area contributed by atoms with Gasteiger partial charge in [0.05, 0.1) is 17.7 Å². The molecule has 8 nitrogen and oxygen atoms in total. The molecular weight excluding hydrogens is 548 g/mol. The van der Waals surface area contributed by atoms with Gasteiger partial charge in [-0.25, -0.2) is 4.98 Å². The number of carboxylic acid groups (broad SMARTS) is 1. The Balaban J connectivity index is 1.14. The number of amides is 1. The Morgan fingerprint density at radius 1 is 1.07 bits per heavy atom. The van der Waals surface area contributed by atoms with E-state index in [0.29, 0.717) is 25.3 Å². The third kappa shape index (κ3) is 5.60. The van der Waals surface area contributed by atoms with Gasteiger partial charge in [-0.05, 0) is 86.8 Å². The van der Waals surface area contributed by atoms with Crippen molar-refractivity contribution in [2.75, 3.05) is 31.1 Å². The van der Waals surface area contributed by atoms with Gasteiger partial charge in [-0.15, -0.1) is 11.3 Å². The summed E-state index contributed by atoms with van der Waals surface area (Å²) in [6, 6.07) is 14.2. The zero-order valence-electron chi connectivity index (χ0n) is 24.1. The fourth-order valence-electron chi connectivity index (χ4n) is 6.83. The number of anilines is 1. The lowest BCUT2D eigenvalue weighted by Crippen LogP contribution is -2.44. The summed E-state index contributed by atoms with van der Waals surface area (Å²) in [5.41, 5.74) is 5.59. The van der Waals surface area contributed by atoms with E-state index in [4.69, 9.17) is 15.0 Å². The van der Waals surface area contributed by atoms with E-state index in [0.717, 1.165) is 77.6 Å². The summed E-state index contributed by atoms with van der Waals surface area (Å²) in [7, 11) is 0. The standard InChI is InChI=1S/C33H36N4O4S/c1-20-3-8-29(41-18-26-7-4-23(14-21(26)2)31(38)36-11-9-22(15-34)10-12-36)27(13-20)28-19-42-33(35-28)37-16-24-5-6-25(17-37)30(24)32(39)40/h3-4,7-8,13-14,19,22,24-25,30H,5-6,9-12,16-18H2,1-2H3,(H,39,40)/t24-,25?,30-/m0/s1. The number of carbonyl (C=O) groups excluding carboxylic acids is 1. The summed E-state index contributed by atoms with van der Waals surface area (Å²) in [5, 5.41) is 21.8. The number of likely N-dealkylation sites (tertiary alicyclic amines) is 1. The number of hydrogen-bond donors (Lipinski definition) is 1. The summed E-state index contributed by atoms with van der Waals surface area (Å²) in [5.74, 6) is 0.305. The Kier molecular flexibility index (Phi) is 7.91. The molecule has 0 spiro atoms. The molecule has 1 amide bonds. The van der Waals surface area contributed by atoms with Gasteiger partial charge in [-0.1, -0.05) is 17.7 Å². The summed E-state index contributed by atoms with van der Waals surface area (Å²) in [6.45, 7) is 7.15. The number of aromatic nitrogens is 1. The SMILES string of the molecule is Cc1ccc(OCc2ccc(C(=O)N3CCC(C#N)CC3)cc2C)c(-c2csc(N3CC4CC[C@@H](C3)[C@@H]4C(=O)O)n2)c1. The Morgan fingerprint density at radius 3 is 2.48 bits per heavy atom. The maximum Gasteiger partial charge on any atom is 0.307 e. The lowest BCUT2D eigenvalue weighted by molar-refractivity contribution is -0.144. The number of ether oxygens (including phenoxy) is 1. The third-order valence-electron chi connectivity index (χ3n) is 9.23. The Labute approximate surface area is 250 Å². The van der Waals surface area contributed by atoms with Crippen molar-refractivity contribution in [2.45, 2.75) is 46.1 Å². The van der Waals surface area contributed by atoms with Crippen LogP contribution >= 0.6 is 11.3 Å². The number of fused-ring (bicyclic) bond motifs is 2. The molecule has 218 valence electrons. The largest absolute Gasteiger partial charge is 0.488 e. The average molecular weight is 585 g/mol. The topological polar surface area (TPSA) is 107 Å². The highest BCUT2D eigenvalue weighted by molar-refractivity contribution is 7.14. The molecule has 3 fully saturated rings. The molecule has 1 aromatic heterocycles. The molecule has 1 unspecified atom stereocenters. The zero-order valence-corrected chi connectivity index (χ0v) is 24.9. The van der Waals surface area contributed by atoms with Crippen LogP contribution in [-0.2, 0) is 11.4 Å². The molecule has 3 aliphatic rings. The lowest BCUT2D eigenvalue weighted by Gasteiger charge is -2.35. The number of aryl methyl sites for hydroxylation is 2. The predicted octanol–water partition coefficient (Wildman–Crippen LogP) is 5.93. The molecule has 1 saturated carbocycles. The van der Waals surface area contributed by atoms with E-state index in [1.165, 1.54) is 0 Å². The molecule has 2 bridgehead atoms. The first-order valence-corrected chi connectivity index (χ1v) is 15.6. The van der Waals surface area contributed by atoms with E-state index in [1.54, 1.807) is 11.3 Å². The highest BCUT2D eigenvalue weighted by atomic mass is 32.1. The van der Waals surface area contributed by atoms with Crippen LogP contribution in [0.4, 0.5) is 5.13 Å². The van der Waals surface area contributed by atoms with Crippen LogP contribution in [0.2, 0.25) is 0 Å². The summed E-state index contributed by atoms with van der Waals surface area (Å²) in [6.07, 6.45) is 3.41. The fourth-order valence-corrected chi connectivity index (χ4v) is 7.67. The van der Waals surface area contributed by atoms with Crippen molar-refractivity contribution in [1.29, 1.82) is 5.26 Å². The molecule has 1 N–H and O–H groups in total. The first kappa shape index (κ1) is 28.2. The van der Waals surface area contributed by atoms with Gasteiger partial charge in [0.2, 0.25) is 0 Å². The van der Waals surface area contributed by atoms with E-state index >= 15 is 0 Å². The number of hydrogen-bond acceptors (Lipinski definition) is 7. The highest BCUT2D eigenvalue weighted by Crippen LogP contribution is 2.44. The maximum atomic E-state index is 13.0. The van der Waals surface area contributed by atoms with Crippen LogP contribution in [0, 0.1) is 48.9 Å². The molecule has 2 aromatic carbocycles. The van der Waals surface area contributed by atoms with Crippen LogP contribution in [0.3, 0.4) is 0 Å². The predicted molar refractivity (Wildman–Crippen MR) is 162 cm³/mol. The number of piperidine rings is 2. The van der Waals surface area contributed by atoms with Crippen LogP contribution in [0.5, 0.6) is 5.75 Å². The fraction of sp³-hybridized carbons (Fsp3) is 0.455. The molecule has 0 radical (unpaired) electrons. The van der Waals surface area contributed by atoms with Crippen molar-refractivity contribution in [3.63, 3.8) is 0 Å². The smallest absolute Gasteiger partial charge is 0.307 e. The maximum absolute atomic E-state index is 13.0. The minimum Gasteiger partial charge on any atom is -0.488 e. The molecule has 6 rings (SSSR count). The minimum absolute atomic E-state index is 0.0160. The number of benzene rings is 2. The van der Waals surface area contributed by atoms with Crippen LogP contribution in [0.25, 0.3) is 11.3 Å². The number of aliphatic carboxylic acids is 1. The monoisotopic (exact) mass is 584 g/mol. The van der Waals surface area contributed by atoms with Crippen LogP contribution < -0.4 is 9.64 Å². The zero-order chi connectivity index (χ0) is 29.4. The van der Waals surface area contributed by atoms with Gasteiger partial charge in [0.15, 0.2) is 5.13 Å². The Hall–Kier alpha value is -3.90. The van der Waals surface area contributed by atoms with Gasteiger partial charge in [0.25, 0.3) is 5.91 Å². The number of carboxylic acids is 1. The van der Waals surface area contributed by atoms with E-state index in [-0.39, 0.29) is 29.6 Å². The van der Waals surface area contributed by atoms with Crippen LogP contribution in [0.15, 0.2) is 41.8 Å². The normalized spacial score (nSPS) is 22.2.